The highest BCUT2D eigenvalue weighted by molar-refractivity contribution is 5.55. The van der Waals surface area contributed by atoms with Gasteiger partial charge in [-0.3, -0.25) is 0 Å². The van der Waals surface area contributed by atoms with E-state index < -0.39 is 0 Å². The van der Waals surface area contributed by atoms with Gasteiger partial charge in [0.15, 0.2) is 0 Å². The summed E-state index contributed by atoms with van der Waals surface area (Å²) in [4.78, 5) is 2.73. The number of nitrogens with one attached hydrogen (secondary N) is 1. The van der Waals surface area contributed by atoms with Gasteiger partial charge in [0, 0.05) is 30.9 Å². The van der Waals surface area contributed by atoms with Gasteiger partial charge in [-0.2, -0.15) is 0 Å². The summed E-state index contributed by atoms with van der Waals surface area (Å²) in [6.45, 7) is 6.85. The maximum Gasteiger partial charge on any atom is 0.0414 e. The van der Waals surface area contributed by atoms with Crippen molar-refractivity contribution >= 4 is 5.69 Å². The molecule has 1 heterocycles. The van der Waals surface area contributed by atoms with Crippen molar-refractivity contribution in [1.82, 2.24) is 5.32 Å². The van der Waals surface area contributed by atoms with Gasteiger partial charge in [-0.25, -0.2) is 0 Å². The molecule has 0 aromatic heterocycles. The molecule has 1 aromatic carbocycles. The number of nitrogens with zero attached hydrogens (tertiary/aromatic N) is 1. The Labute approximate surface area is 123 Å². The lowest BCUT2D eigenvalue weighted by atomic mass is 9.81. The van der Waals surface area contributed by atoms with Crippen LogP contribution in [0.1, 0.15) is 51.5 Å². The number of para-hydroxylation sites is 1. The Bertz CT molecular complexity index is 443. The van der Waals surface area contributed by atoms with Crippen molar-refractivity contribution in [3.05, 3.63) is 29.8 Å². The molecule has 1 aromatic rings. The van der Waals surface area contributed by atoms with Crippen LogP contribution in [0.2, 0.25) is 0 Å². The van der Waals surface area contributed by atoms with Crippen LogP contribution >= 0.6 is 0 Å². The number of hydrogen-bond donors (Lipinski definition) is 1. The second-order valence-electron chi connectivity index (χ2n) is 6.58. The van der Waals surface area contributed by atoms with E-state index in [1.54, 1.807) is 0 Å². The maximum absolute atomic E-state index is 3.66. The van der Waals surface area contributed by atoms with Crippen molar-refractivity contribution in [2.24, 2.45) is 5.92 Å². The Morgan fingerprint density at radius 3 is 2.85 bits per heavy atom. The molecule has 0 radical (unpaired) electrons. The number of benzene rings is 1. The fourth-order valence-corrected chi connectivity index (χ4v) is 4.07. The van der Waals surface area contributed by atoms with Crippen LogP contribution in [0.25, 0.3) is 0 Å². The predicted molar refractivity (Wildman–Crippen MR) is 86.1 cm³/mol. The molecule has 1 aliphatic heterocycles. The van der Waals surface area contributed by atoms with Crippen LogP contribution in [-0.2, 0) is 6.54 Å². The van der Waals surface area contributed by atoms with Gasteiger partial charge < -0.3 is 10.2 Å². The van der Waals surface area contributed by atoms with Crippen LogP contribution in [-0.4, -0.2) is 18.6 Å². The highest BCUT2D eigenvalue weighted by Gasteiger charge is 2.31. The molecule has 1 aliphatic carbocycles. The molecule has 0 bridgehead atoms. The molecule has 2 aliphatic rings. The number of rotatable bonds is 2. The normalized spacial score (nSPS) is 30.7. The molecule has 1 N–H and O–H groups in total. The van der Waals surface area contributed by atoms with E-state index in [1.807, 2.05) is 0 Å². The van der Waals surface area contributed by atoms with Gasteiger partial charge in [-0.15, -0.1) is 0 Å². The van der Waals surface area contributed by atoms with Gasteiger partial charge in [0.25, 0.3) is 0 Å². The Morgan fingerprint density at radius 1 is 1.20 bits per heavy atom. The minimum atomic E-state index is 0.571. The molecule has 110 valence electrons. The lowest BCUT2D eigenvalue weighted by Crippen LogP contribution is -2.46. The summed E-state index contributed by atoms with van der Waals surface area (Å²) in [5.74, 6) is 0.877. The van der Waals surface area contributed by atoms with Gasteiger partial charge >= 0.3 is 0 Å². The first-order valence-corrected chi connectivity index (χ1v) is 8.37. The molecule has 1 fully saturated rings. The smallest absolute Gasteiger partial charge is 0.0414 e. The van der Waals surface area contributed by atoms with Gasteiger partial charge in [-0.05, 0) is 37.3 Å². The summed E-state index contributed by atoms with van der Waals surface area (Å²) in [5.41, 5.74) is 2.95. The van der Waals surface area contributed by atoms with Gasteiger partial charge in [0.05, 0.1) is 0 Å². The minimum Gasteiger partial charge on any atom is -0.366 e. The Kier molecular flexibility index (Phi) is 4.30. The van der Waals surface area contributed by atoms with Crippen molar-refractivity contribution < 1.29 is 0 Å². The lowest BCUT2D eigenvalue weighted by Gasteiger charge is -2.42. The average Bonchev–Trinajstić information content (AvgIpc) is 2.67. The van der Waals surface area contributed by atoms with Crippen molar-refractivity contribution in [3.8, 4) is 0 Å². The highest BCUT2D eigenvalue weighted by atomic mass is 15.2. The topological polar surface area (TPSA) is 15.3 Å². The average molecular weight is 272 g/mol. The molecular weight excluding hydrogens is 244 g/mol. The summed E-state index contributed by atoms with van der Waals surface area (Å²) >= 11 is 0. The van der Waals surface area contributed by atoms with E-state index in [1.165, 1.54) is 43.4 Å². The second-order valence-corrected chi connectivity index (χ2v) is 6.58. The van der Waals surface area contributed by atoms with Crippen LogP contribution in [0.15, 0.2) is 24.3 Å². The van der Waals surface area contributed by atoms with Gasteiger partial charge in [-0.1, -0.05) is 44.4 Å². The minimum absolute atomic E-state index is 0.571. The first-order chi connectivity index (χ1) is 9.79. The van der Waals surface area contributed by atoms with Crippen LogP contribution in [0, 0.1) is 5.92 Å². The fourth-order valence-electron chi connectivity index (χ4n) is 4.07. The summed E-state index contributed by atoms with van der Waals surface area (Å²) < 4.78 is 0. The number of anilines is 1. The molecule has 3 unspecified atom stereocenters. The zero-order valence-electron chi connectivity index (χ0n) is 12.9. The third-order valence-corrected chi connectivity index (χ3v) is 5.21. The molecule has 0 spiro atoms. The van der Waals surface area contributed by atoms with E-state index in [2.05, 4.69) is 48.3 Å². The van der Waals surface area contributed by atoms with Crippen molar-refractivity contribution in [1.29, 1.82) is 0 Å². The molecule has 0 saturated heterocycles. The lowest BCUT2D eigenvalue weighted by molar-refractivity contribution is 0.282. The summed E-state index contributed by atoms with van der Waals surface area (Å²) in [7, 11) is 0. The molecule has 0 amide bonds. The molecule has 3 rings (SSSR count). The molecular formula is C18H28N2. The molecule has 20 heavy (non-hydrogen) atoms. The van der Waals surface area contributed by atoms with E-state index in [9.17, 15) is 0 Å². The van der Waals surface area contributed by atoms with E-state index in [-0.39, 0.29) is 0 Å². The maximum atomic E-state index is 3.66. The van der Waals surface area contributed by atoms with Crippen LogP contribution in [0.5, 0.6) is 0 Å². The standard InChI is InChI=1S/C18H28N2/c1-3-15-8-4-6-10-17(15)20-13-14(2)19-12-16-9-5-7-11-18(16)20/h5,7,9,11,14-15,17,19H,3-4,6,8,10,12-13H2,1-2H3. The molecule has 2 nitrogen and oxygen atoms in total. The van der Waals surface area contributed by atoms with Crippen molar-refractivity contribution in [2.45, 2.75) is 64.6 Å². The SMILES string of the molecule is CCC1CCCCC1N1CC(C)NCc2ccccc21. The van der Waals surface area contributed by atoms with Gasteiger partial charge in [0.1, 0.15) is 0 Å². The Balaban J connectivity index is 1.93. The monoisotopic (exact) mass is 272 g/mol. The molecule has 1 saturated carbocycles. The zero-order valence-corrected chi connectivity index (χ0v) is 12.9. The summed E-state index contributed by atoms with van der Waals surface area (Å²) in [6.07, 6.45) is 6.95. The van der Waals surface area contributed by atoms with Crippen molar-refractivity contribution in [2.75, 3.05) is 11.4 Å². The fraction of sp³-hybridized carbons (Fsp3) is 0.667. The van der Waals surface area contributed by atoms with Crippen LogP contribution in [0.3, 0.4) is 0 Å². The highest BCUT2D eigenvalue weighted by Crippen LogP contribution is 2.35. The summed E-state index contributed by atoms with van der Waals surface area (Å²) in [6, 6.07) is 10.3. The van der Waals surface area contributed by atoms with Crippen molar-refractivity contribution in [3.63, 3.8) is 0 Å². The van der Waals surface area contributed by atoms with Crippen LogP contribution < -0.4 is 10.2 Å². The zero-order chi connectivity index (χ0) is 13.9. The largest absolute Gasteiger partial charge is 0.366 e. The first kappa shape index (κ1) is 13.9. The number of fused-ring (bicyclic) bond motifs is 1. The molecule has 3 atom stereocenters. The third kappa shape index (κ3) is 2.71. The quantitative estimate of drug-likeness (QED) is 0.877. The van der Waals surface area contributed by atoms with E-state index in [0.717, 1.165) is 25.0 Å². The third-order valence-electron chi connectivity index (χ3n) is 5.21. The van der Waals surface area contributed by atoms with E-state index in [4.69, 9.17) is 0 Å². The number of hydrogen-bond acceptors (Lipinski definition) is 2. The second kappa shape index (κ2) is 6.17. The first-order valence-electron chi connectivity index (χ1n) is 8.37. The Hall–Kier alpha value is -1.02. The Morgan fingerprint density at radius 2 is 2.00 bits per heavy atom. The van der Waals surface area contributed by atoms with Crippen LogP contribution in [0.4, 0.5) is 5.69 Å². The van der Waals surface area contributed by atoms with E-state index in [0.29, 0.717) is 6.04 Å². The molecule has 2 heteroatoms. The summed E-state index contributed by atoms with van der Waals surface area (Å²) in [5, 5.41) is 3.66. The van der Waals surface area contributed by atoms with E-state index >= 15 is 0 Å². The predicted octanol–water partition coefficient (Wildman–Crippen LogP) is 3.95. The van der Waals surface area contributed by atoms with Gasteiger partial charge in [0.2, 0.25) is 0 Å².